The van der Waals surface area contributed by atoms with Crippen LogP contribution in [0.15, 0.2) is 198 Å². The average molecular weight is 831 g/mol. The normalized spacial score (nSPS) is 14.2. The number of hydrogen-bond acceptors (Lipinski definition) is 6. The van der Waals surface area contributed by atoms with Gasteiger partial charge in [-0.1, -0.05) is 152 Å². The highest BCUT2D eigenvalue weighted by Crippen LogP contribution is 2.42. The lowest BCUT2D eigenvalue weighted by Gasteiger charge is -2.18. The second kappa shape index (κ2) is 15.2. The molecule has 0 radical (unpaired) electrons. The van der Waals surface area contributed by atoms with E-state index >= 15 is 0 Å². The third-order valence-corrected chi connectivity index (χ3v) is 13.2. The van der Waals surface area contributed by atoms with E-state index in [-0.39, 0.29) is 6.04 Å². The number of allylic oxidation sites excluding steroid dienone is 4. The van der Waals surface area contributed by atoms with Crippen LogP contribution in [-0.2, 0) is 6.42 Å². The summed E-state index contributed by atoms with van der Waals surface area (Å²) < 4.78 is 10.1. The minimum absolute atomic E-state index is 0.217. The lowest BCUT2D eigenvalue weighted by atomic mass is 10.0. The highest BCUT2D eigenvalue weighted by atomic mass is 32.1. The summed E-state index contributed by atoms with van der Waals surface area (Å²) >= 11 is 1.76. The number of nitrogens with zero attached hydrogens (tertiary/aromatic N) is 5. The maximum Gasteiger partial charge on any atom is 0.164 e. The van der Waals surface area contributed by atoms with Gasteiger partial charge in [-0.15, -0.1) is 11.3 Å². The van der Waals surface area contributed by atoms with Crippen molar-refractivity contribution < 1.29 is 4.42 Å². The van der Waals surface area contributed by atoms with Gasteiger partial charge in [0, 0.05) is 70.7 Å². The maximum atomic E-state index is 7.03. The van der Waals surface area contributed by atoms with E-state index in [1.165, 1.54) is 21.0 Å². The second-order valence-corrected chi connectivity index (χ2v) is 17.1. The van der Waals surface area contributed by atoms with Gasteiger partial charge in [-0.2, -0.15) is 0 Å². The number of fused-ring (bicyclic) bond motifs is 7. The monoisotopic (exact) mass is 830 g/mol. The lowest BCUT2D eigenvalue weighted by molar-refractivity contribution is 0.648. The Bertz CT molecular complexity index is 3590. The van der Waals surface area contributed by atoms with Crippen LogP contribution < -0.4 is 5.73 Å². The Labute approximate surface area is 366 Å². The van der Waals surface area contributed by atoms with Crippen molar-refractivity contribution in [2.75, 3.05) is 0 Å². The Balaban J connectivity index is 0.957. The van der Waals surface area contributed by atoms with E-state index in [1.807, 2.05) is 72.8 Å². The van der Waals surface area contributed by atoms with Crippen LogP contribution >= 0.6 is 11.3 Å². The fourth-order valence-electron chi connectivity index (χ4n) is 9.07. The molecular formula is C55H38N6OS. The molecule has 4 aromatic heterocycles. The fraction of sp³-hybridized carbons (Fsp3) is 0.0545. The summed E-state index contributed by atoms with van der Waals surface area (Å²) in [4.78, 5) is 21.5. The van der Waals surface area contributed by atoms with Crippen molar-refractivity contribution in [3.05, 3.63) is 204 Å². The Kier molecular flexibility index (Phi) is 8.90. The highest BCUT2D eigenvalue weighted by molar-refractivity contribution is 7.19. The Hall–Kier alpha value is -7.94. The number of rotatable bonds is 8. The Morgan fingerprint density at radius 2 is 1.35 bits per heavy atom. The molecule has 0 saturated heterocycles. The SMILES string of the molecule is NC(=Nc1c(Cc2ccc3oc4cccc(-c5nc(-c6ccccc6)nc(-c6ccccc6)n5)c4c3c2)sc2ccccc12)c1ccc2c3ccccc3n(C3C=CC=CC3)c2c1. The van der Waals surface area contributed by atoms with Crippen LogP contribution in [0.25, 0.3) is 88.0 Å². The molecule has 7 aromatic carbocycles. The molecule has 0 amide bonds. The predicted octanol–water partition coefficient (Wildman–Crippen LogP) is 13.8. The molecule has 7 nitrogen and oxygen atoms in total. The van der Waals surface area contributed by atoms with E-state index < -0.39 is 0 Å². The summed E-state index contributed by atoms with van der Waals surface area (Å²) in [5.41, 5.74) is 16.6. The molecule has 63 heavy (non-hydrogen) atoms. The van der Waals surface area contributed by atoms with Gasteiger partial charge in [-0.25, -0.2) is 19.9 Å². The largest absolute Gasteiger partial charge is 0.456 e. The van der Waals surface area contributed by atoms with Gasteiger partial charge in [0.1, 0.15) is 17.0 Å². The fourth-order valence-corrected chi connectivity index (χ4v) is 10.2. The van der Waals surface area contributed by atoms with Crippen molar-refractivity contribution in [1.82, 2.24) is 19.5 Å². The molecule has 1 aliphatic rings. The van der Waals surface area contributed by atoms with Crippen molar-refractivity contribution in [3.63, 3.8) is 0 Å². The zero-order chi connectivity index (χ0) is 41.9. The zero-order valence-corrected chi connectivity index (χ0v) is 34.8. The van der Waals surface area contributed by atoms with E-state index in [2.05, 4.69) is 120 Å². The minimum atomic E-state index is 0.217. The first-order chi connectivity index (χ1) is 31.1. The van der Waals surface area contributed by atoms with Crippen LogP contribution in [-0.4, -0.2) is 25.4 Å². The van der Waals surface area contributed by atoms with Crippen LogP contribution in [0.1, 0.15) is 28.5 Å². The molecule has 1 unspecified atom stereocenters. The third-order valence-electron chi connectivity index (χ3n) is 12.0. The number of para-hydroxylation sites is 1. The van der Waals surface area contributed by atoms with E-state index in [0.717, 1.165) is 77.6 Å². The quantitative estimate of drug-likeness (QED) is 0.122. The number of benzene rings is 7. The first-order valence-electron chi connectivity index (χ1n) is 21.2. The summed E-state index contributed by atoms with van der Waals surface area (Å²) in [6.07, 6.45) is 10.4. The smallest absolute Gasteiger partial charge is 0.164 e. The van der Waals surface area contributed by atoms with Crippen molar-refractivity contribution >= 4 is 76.7 Å². The van der Waals surface area contributed by atoms with Crippen LogP contribution in [0.5, 0.6) is 0 Å². The molecule has 0 fully saturated rings. The summed E-state index contributed by atoms with van der Waals surface area (Å²) in [6, 6.07) is 56.5. The first kappa shape index (κ1) is 36.9. The average Bonchev–Trinajstić information content (AvgIpc) is 4.01. The Morgan fingerprint density at radius 3 is 2.13 bits per heavy atom. The minimum Gasteiger partial charge on any atom is -0.456 e. The van der Waals surface area contributed by atoms with Crippen molar-refractivity contribution in [3.8, 4) is 34.2 Å². The number of nitrogens with two attached hydrogens (primary N) is 1. The molecule has 0 saturated carbocycles. The van der Waals surface area contributed by atoms with Crippen LogP contribution in [0.4, 0.5) is 5.69 Å². The summed E-state index contributed by atoms with van der Waals surface area (Å²) in [6.45, 7) is 0. The second-order valence-electron chi connectivity index (χ2n) is 15.9. The van der Waals surface area contributed by atoms with Gasteiger partial charge in [0.25, 0.3) is 0 Å². The van der Waals surface area contributed by atoms with Crippen molar-refractivity contribution in [1.29, 1.82) is 0 Å². The van der Waals surface area contributed by atoms with E-state index in [9.17, 15) is 0 Å². The van der Waals surface area contributed by atoms with Crippen LogP contribution in [0.2, 0.25) is 0 Å². The number of aromatic nitrogens is 4. The summed E-state index contributed by atoms with van der Waals surface area (Å²) in [5, 5.41) is 5.50. The van der Waals surface area contributed by atoms with Gasteiger partial charge in [0.15, 0.2) is 17.5 Å². The molecule has 0 aliphatic heterocycles. The molecule has 1 aliphatic carbocycles. The van der Waals surface area contributed by atoms with E-state index in [4.69, 9.17) is 30.1 Å². The number of amidine groups is 1. The molecular weight excluding hydrogens is 793 g/mol. The van der Waals surface area contributed by atoms with Gasteiger partial charge in [-0.05, 0) is 48.4 Å². The molecule has 4 heterocycles. The third kappa shape index (κ3) is 6.51. The predicted molar refractivity (Wildman–Crippen MR) is 260 cm³/mol. The van der Waals surface area contributed by atoms with E-state index in [1.54, 1.807) is 11.3 Å². The zero-order valence-electron chi connectivity index (χ0n) is 34.0. The first-order valence-corrected chi connectivity index (χ1v) is 22.0. The molecule has 300 valence electrons. The number of furan rings is 1. The van der Waals surface area contributed by atoms with Crippen molar-refractivity contribution in [2.45, 2.75) is 18.9 Å². The summed E-state index contributed by atoms with van der Waals surface area (Å²) in [7, 11) is 0. The maximum absolute atomic E-state index is 7.03. The van der Waals surface area contributed by atoms with Crippen LogP contribution in [0, 0.1) is 0 Å². The molecule has 1 atom stereocenters. The molecule has 0 spiro atoms. The van der Waals surface area contributed by atoms with Gasteiger partial charge >= 0.3 is 0 Å². The van der Waals surface area contributed by atoms with Gasteiger partial charge in [-0.3, -0.25) is 0 Å². The molecule has 0 bridgehead atoms. The van der Waals surface area contributed by atoms with Crippen LogP contribution in [0.3, 0.4) is 0 Å². The topological polar surface area (TPSA) is 95.1 Å². The van der Waals surface area contributed by atoms with Gasteiger partial charge < -0.3 is 14.7 Å². The standard InChI is InChI=1S/C55H38N6OS/c56-52(37-28-29-40-39-21-10-12-24-44(39)61(45(40)33-37)38-19-8-3-9-20-38)57-51-41-22-11-13-26-48(41)63-49(51)32-34-27-30-46-43(31-34)50-42(23-14-25-47(50)62-46)55-59-53(35-15-4-1-5-16-35)58-54(60-55)36-17-6-2-7-18-36/h1-19,21-31,33,38H,20,32H2,(H2,56,57). The number of thiophene rings is 1. The molecule has 2 N–H and O–H groups in total. The van der Waals surface area contributed by atoms with Gasteiger partial charge in [0.05, 0.1) is 17.2 Å². The lowest BCUT2D eigenvalue weighted by Crippen LogP contribution is -2.13. The molecule has 8 heteroatoms. The Morgan fingerprint density at radius 1 is 0.635 bits per heavy atom. The summed E-state index contributed by atoms with van der Waals surface area (Å²) in [5.74, 6) is 2.30. The van der Waals surface area contributed by atoms with E-state index in [0.29, 0.717) is 29.7 Å². The number of hydrogen-bond donors (Lipinski definition) is 1. The molecule has 12 rings (SSSR count). The highest BCUT2D eigenvalue weighted by Gasteiger charge is 2.21. The molecule has 11 aromatic rings. The number of aliphatic imine (C=N–C) groups is 1. The van der Waals surface area contributed by atoms with Gasteiger partial charge in [0.2, 0.25) is 0 Å². The van der Waals surface area contributed by atoms with Crippen molar-refractivity contribution in [2.24, 2.45) is 10.7 Å².